The summed E-state index contributed by atoms with van der Waals surface area (Å²) in [6.07, 6.45) is 0. The Hall–Kier alpha value is -2.38. The van der Waals surface area contributed by atoms with Crippen LogP contribution >= 0.6 is 0 Å². The summed E-state index contributed by atoms with van der Waals surface area (Å²) in [6, 6.07) is 1.67. The molecule has 0 saturated heterocycles. The number of pyridine rings is 1. The molecular weight excluding hydrogens is 238 g/mol. The van der Waals surface area contributed by atoms with E-state index in [1.165, 1.54) is 6.07 Å². The number of amides is 1. The summed E-state index contributed by atoms with van der Waals surface area (Å²) in [5.41, 5.74) is 10.5. The van der Waals surface area contributed by atoms with Gasteiger partial charge in [-0.3, -0.25) is 14.9 Å². The summed E-state index contributed by atoms with van der Waals surface area (Å²) in [7, 11) is 0. The maximum Gasteiger partial charge on any atom is 0.276 e. The highest BCUT2D eigenvalue weighted by Crippen LogP contribution is 2.20. The Morgan fingerprint density at radius 2 is 2.11 bits per heavy atom. The van der Waals surface area contributed by atoms with Crippen LogP contribution in [0.4, 0.5) is 17.3 Å². The van der Waals surface area contributed by atoms with E-state index in [-0.39, 0.29) is 23.2 Å². The zero-order valence-corrected chi connectivity index (χ0v) is 10.1. The van der Waals surface area contributed by atoms with E-state index in [1.807, 2.05) is 0 Å². The van der Waals surface area contributed by atoms with E-state index in [4.69, 9.17) is 11.5 Å². The van der Waals surface area contributed by atoms with Crippen molar-refractivity contribution in [3.63, 3.8) is 0 Å². The van der Waals surface area contributed by atoms with Crippen LogP contribution in [0.25, 0.3) is 0 Å². The van der Waals surface area contributed by atoms with Crippen LogP contribution in [0.5, 0.6) is 0 Å². The van der Waals surface area contributed by atoms with E-state index in [0.29, 0.717) is 0 Å². The molecule has 0 bridgehead atoms. The van der Waals surface area contributed by atoms with Crippen molar-refractivity contribution < 1.29 is 9.72 Å². The summed E-state index contributed by atoms with van der Waals surface area (Å²) in [4.78, 5) is 25.2. The van der Waals surface area contributed by atoms with E-state index in [0.717, 1.165) is 6.07 Å². The fourth-order valence-electron chi connectivity index (χ4n) is 1.44. The van der Waals surface area contributed by atoms with Gasteiger partial charge in [0, 0.05) is 0 Å². The van der Waals surface area contributed by atoms with Crippen molar-refractivity contribution in [1.82, 2.24) is 4.98 Å². The first kappa shape index (κ1) is 13.7. The van der Waals surface area contributed by atoms with Crippen LogP contribution in [0, 0.1) is 16.0 Å². The minimum atomic E-state index is -0.668. The van der Waals surface area contributed by atoms with E-state index < -0.39 is 16.9 Å². The van der Waals surface area contributed by atoms with Crippen LogP contribution in [0.1, 0.15) is 13.8 Å². The third-order valence-electron chi connectivity index (χ3n) is 2.32. The summed E-state index contributed by atoms with van der Waals surface area (Å²) >= 11 is 0. The number of aromatic nitrogens is 1. The number of hydrogen-bond donors (Lipinski definition) is 3. The lowest BCUT2D eigenvalue weighted by Gasteiger charge is -2.19. The minimum absolute atomic E-state index is 0.00123. The second-order valence-electron chi connectivity index (χ2n) is 4.16. The molecule has 0 aliphatic heterocycles. The SMILES string of the molecule is CC(C)C(Nc1cc([N+](=O)[O-])cc(N)n1)C(N)=O. The molecule has 0 radical (unpaired) electrons. The minimum Gasteiger partial charge on any atom is -0.383 e. The monoisotopic (exact) mass is 253 g/mol. The molecular formula is C10H15N5O3. The number of nitrogen functional groups attached to an aromatic ring is 1. The first-order chi connectivity index (χ1) is 8.31. The highest BCUT2D eigenvalue weighted by Gasteiger charge is 2.21. The maximum absolute atomic E-state index is 11.2. The molecule has 1 amide bonds. The molecule has 0 saturated carbocycles. The molecule has 1 aromatic heterocycles. The number of carbonyl (C=O) groups excluding carboxylic acids is 1. The van der Waals surface area contributed by atoms with Crippen LogP contribution in [-0.4, -0.2) is 21.9 Å². The number of nitro groups is 1. The van der Waals surface area contributed by atoms with Gasteiger partial charge in [-0.05, 0) is 5.92 Å². The number of nitrogens with one attached hydrogen (secondary N) is 1. The molecule has 98 valence electrons. The summed E-state index contributed by atoms with van der Waals surface area (Å²) in [6.45, 7) is 3.59. The molecule has 1 rings (SSSR count). The number of nitrogens with zero attached hydrogens (tertiary/aromatic N) is 2. The number of primary amides is 1. The Labute approximate surface area is 104 Å². The van der Waals surface area contributed by atoms with Crippen molar-refractivity contribution in [2.45, 2.75) is 19.9 Å². The third-order valence-corrected chi connectivity index (χ3v) is 2.32. The molecule has 0 aliphatic carbocycles. The lowest BCUT2D eigenvalue weighted by molar-refractivity contribution is -0.384. The van der Waals surface area contributed by atoms with E-state index >= 15 is 0 Å². The molecule has 1 heterocycles. The number of nitrogens with two attached hydrogens (primary N) is 2. The Bertz CT molecular complexity index is 475. The standard InChI is InChI=1S/C10H15N5O3/c1-5(2)9(10(12)16)14-8-4-6(15(17)18)3-7(11)13-8/h3-5,9H,1-2H3,(H2,12,16)(H3,11,13,14). The van der Waals surface area contributed by atoms with Gasteiger partial charge in [0.1, 0.15) is 17.7 Å². The predicted molar refractivity (Wildman–Crippen MR) is 66.7 cm³/mol. The van der Waals surface area contributed by atoms with Crippen molar-refractivity contribution in [3.8, 4) is 0 Å². The second kappa shape index (κ2) is 5.30. The number of anilines is 2. The molecule has 1 unspecified atom stereocenters. The lowest BCUT2D eigenvalue weighted by atomic mass is 10.0. The third kappa shape index (κ3) is 3.30. The van der Waals surface area contributed by atoms with Crippen LogP contribution in [0.3, 0.4) is 0 Å². The predicted octanol–water partition coefficient (Wildman–Crippen LogP) is 0.494. The fraction of sp³-hybridized carbons (Fsp3) is 0.400. The molecule has 1 aromatic rings. The highest BCUT2D eigenvalue weighted by atomic mass is 16.6. The Morgan fingerprint density at radius 1 is 1.50 bits per heavy atom. The Morgan fingerprint density at radius 3 is 2.56 bits per heavy atom. The van der Waals surface area contributed by atoms with Gasteiger partial charge in [0.15, 0.2) is 0 Å². The molecule has 18 heavy (non-hydrogen) atoms. The van der Waals surface area contributed by atoms with Gasteiger partial charge in [-0.25, -0.2) is 4.98 Å². The van der Waals surface area contributed by atoms with Crippen molar-refractivity contribution >= 4 is 23.2 Å². The molecule has 0 aromatic carbocycles. The number of rotatable bonds is 5. The zero-order valence-electron chi connectivity index (χ0n) is 10.1. The van der Waals surface area contributed by atoms with Crippen LogP contribution in [-0.2, 0) is 4.79 Å². The van der Waals surface area contributed by atoms with Crippen molar-refractivity contribution in [2.75, 3.05) is 11.1 Å². The average Bonchev–Trinajstić information content (AvgIpc) is 2.24. The quantitative estimate of drug-likeness (QED) is 0.516. The normalized spacial score (nSPS) is 12.2. The molecule has 1 atom stereocenters. The van der Waals surface area contributed by atoms with Gasteiger partial charge in [-0.1, -0.05) is 13.8 Å². The number of hydrogen-bond acceptors (Lipinski definition) is 6. The van der Waals surface area contributed by atoms with Crippen molar-refractivity contribution in [3.05, 3.63) is 22.2 Å². The van der Waals surface area contributed by atoms with Crippen LogP contribution < -0.4 is 16.8 Å². The highest BCUT2D eigenvalue weighted by molar-refractivity contribution is 5.83. The van der Waals surface area contributed by atoms with Gasteiger partial charge >= 0.3 is 0 Å². The van der Waals surface area contributed by atoms with E-state index in [2.05, 4.69) is 10.3 Å². The van der Waals surface area contributed by atoms with E-state index in [1.54, 1.807) is 13.8 Å². The first-order valence-corrected chi connectivity index (χ1v) is 5.29. The Balaban J connectivity index is 3.03. The largest absolute Gasteiger partial charge is 0.383 e. The van der Waals surface area contributed by atoms with Crippen LogP contribution in [0.15, 0.2) is 12.1 Å². The molecule has 0 aliphatic rings. The van der Waals surface area contributed by atoms with Crippen LogP contribution in [0.2, 0.25) is 0 Å². The molecule has 8 heteroatoms. The van der Waals surface area contributed by atoms with Gasteiger partial charge in [-0.2, -0.15) is 0 Å². The summed E-state index contributed by atoms with van der Waals surface area (Å²) < 4.78 is 0. The Kier molecular flexibility index (Phi) is 4.03. The molecule has 0 fully saturated rings. The lowest BCUT2D eigenvalue weighted by Crippen LogP contribution is -2.39. The fourth-order valence-corrected chi connectivity index (χ4v) is 1.44. The van der Waals surface area contributed by atoms with Gasteiger partial charge in [-0.15, -0.1) is 0 Å². The van der Waals surface area contributed by atoms with Gasteiger partial charge in [0.25, 0.3) is 5.69 Å². The second-order valence-corrected chi connectivity index (χ2v) is 4.16. The maximum atomic E-state index is 11.2. The smallest absolute Gasteiger partial charge is 0.276 e. The van der Waals surface area contributed by atoms with Gasteiger partial charge < -0.3 is 16.8 Å². The van der Waals surface area contributed by atoms with Gasteiger partial charge in [0.2, 0.25) is 5.91 Å². The molecule has 5 N–H and O–H groups in total. The summed E-state index contributed by atoms with van der Waals surface area (Å²) in [5.74, 6) is -0.487. The zero-order chi connectivity index (χ0) is 13.9. The first-order valence-electron chi connectivity index (χ1n) is 5.29. The van der Waals surface area contributed by atoms with Crippen molar-refractivity contribution in [2.24, 2.45) is 11.7 Å². The van der Waals surface area contributed by atoms with Gasteiger partial charge in [0.05, 0.1) is 17.1 Å². The average molecular weight is 253 g/mol. The topological polar surface area (TPSA) is 137 Å². The summed E-state index contributed by atoms with van der Waals surface area (Å²) in [5, 5.41) is 13.4. The molecule has 0 spiro atoms. The number of carbonyl (C=O) groups is 1. The van der Waals surface area contributed by atoms with Crippen molar-refractivity contribution in [1.29, 1.82) is 0 Å². The molecule has 8 nitrogen and oxygen atoms in total. The van der Waals surface area contributed by atoms with E-state index in [9.17, 15) is 14.9 Å².